The number of methoxy groups -OCH3 is 1. The second-order valence-electron chi connectivity index (χ2n) is 4.23. The maximum atomic E-state index is 11.9. The van der Waals surface area contributed by atoms with Gasteiger partial charge in [-0.25, -0.2) is 4.98 Å². The van der Waals surface area contributed by atoms with E-state index in [9.17, 15) is 9.59 Å². The lowest BCUT2D eigenvalue weighted by atomic mass is 10.2. The van der Waals surface area contributed by atoms with E-state index in [-0.39, 0.29) is 12.3 Å². The summed E-state index contributed by atoms with van der Waals surface area (Å²) < 4.78 is 6.38. The van der Waals surface area contributed by atoms with Crippen LogP contribution in [0.15, 0.2) is 24.5 Å². The molecule has 0 bridgehead atoms. The van der Waals surface area contributed by atoms with E-state index in [0.717, 1.165) is 11.0 Å². The number of fused-ring (bicyclic) bond motifs is 1. The first kappa shape index (κ1) is 13.1. The van der Waals surface area contributed by atoms with Crippen LogP contribution in [0.4, 0.5) is 5.69 Å². The first-order valence-corrected chi connectivity index (χ1v) is 5.77. The molecule has 0 saturated carbocycles. The van der Waals surface area contributed by atoms with Gasteiger partial charge in [0.15, 0.2) is 0 Å². The Morgan fingerprint density at radius 1 is 1.42 bits per heavy atom. The summed E-state index contributed by atoms with van der Waals surface area (Å²) in [6.45, 7) is 0. The third kappa shape index (κ3) is 2.57. The number of rotatable bonds is 3. The molecule has 6 nitrogen and oxygen atoms in total. The third-order valence-corrected chi connectivity index (χ3v) is 2.99. The molecule has 6 heteroatoms. The number of imidazole rings is 1. The summed E-state index contributed by atoms with van der Waals surface area (Å²) in [6.07, 6.45) is 1.44. The molecule has 1 aromatic carbocycles. The zero-order valence-electron chi connectivity index (χ0n) is 11.1. The van der Waals surface area contributed by atoms with Gasteiger partial charge < -0.3 is 14.2 Å². The summed E-state index contributed by atoms with van der Waals surface area (Å²) in [7, 11) is 4.78. The summed E-state index contributed by atoms with van der Waals surface area (Å²) in [5.41, 5.74) is 2.48. The Morgan fingerprint density at radius 2 is 2.16 bits per heavy atom. The molecule has 0 atom stereocenters. The van der Waals surface area contributed by atoms with Gasteiger partial charge in [0, 0.05) is 19.8 Å². The van der Waals surface area contributed by atoms with Gasteiger partial charge in [0.1, 0.15) is 6.42 Å². The largest absolute Gasteiger partial charge is 0.469 e. The zero-order chi connectivity index (χ0) is 14.0. The highest BCUT2D eigenvalue weighted by molar-refractivity contribution is 6.03. The molecule has 1 aromatic heterocycles. The van der Waals surface area contributed by atoms with Gasteiger partial charge in [0.05, 0.1) is 24.5 Å². The van der Waals surface area contributed by atoms with Gasteiger partial charge in [-0.3, -0.25) is 9.59 Å². The van der Waals surface area contributed by atoms with Crippen LogP contribution >= 0.6 is 0 Å². The van der Waals surface area contributed by atoms with Crippen molar-refractivity contribution in [2.24, 2.45) is 7.05 Å². The van der Waals surface area contributed by atoms with Gasteiger partial charge in [-0.15, -0.1) is 0 Å². The number of carbonyl (C=O) groups is 2. The number of hydrogen-bond acceptors (Lipinski definition) is 4. The highest BCUT2D eigenvalue weighted by atomic mass is 16.5. The van der Waals surface area contributed by atoms with Gasteiger partial charge >= 0.3 is 5.97 Å². The summed E-state index contributed by atoms with van der Waals surface area (Å²) in [5.74, 6) is -0.863. The minimum Gasteiger partial charge on any atom is -0.469 e. The maximum Gasteiger partial charge on any atom is 0.315 e. The summed E-state index contributed by atoms with van der Waals surface area (Å²) in [6, 6.07) is 5.52. The van der Waals surface area contributed by atoms with E-state index in [2.05, 4.69) is 9.72 Å². The summed E-state index contributed by atoms with van der Waals surface area (Å²) in [5, 5.41) is 0. The molecule has 0 fully saturated rings. The van der Waals surface area contributed by atoms with Crippen molar-refractivity contribution in [3.63, 3.8) is 0 Å². The summed E-state index contributed by atoms with van der Waals surface area (Å²) >= 11 is 0. The molecule has 2 rings (SSSR count). The standard InChI is InChI=1S/C13H15N3O3/c1-15-8-14-10-6-9(4-5-11(10)15)16(2)12(17)7-13(18)19-3/h4-6,8H,7H2,1-3H3. The Labute approximate surface area is 110 Å². The molecule has 0 aliphatic carbocycles. The van der Waals surface area contributed by atoms with E-state index in [1.165, 1.54) is 12.0 Å². The number of amides is 1. The number of benzene rings is 1. The second-order valence-corrected chi connectivity index (χ2v) is 4.23. The number of anilines is 1. The van der Waals surface area contributed by atoms with Crippen molar-refractivity contribution >= 4 is 28.6 Å². The smallest absolute Gasteiger partial charge is 0.315 e. The van der Waals surface area contributed by atoms with E-state index in [0.29, 0.717) is 5.69 Å². The topological polar surface area (TPSA) is 64.4 Å². The van der Waals surface area contributed by atoms with Crippen molar-refractivity contribution in [3.8, 4) is 0 Å². The Morgan fingerprint density at radius 3 is 2.84 bits per heavy atom. The predicted molar refractivity (Wildman–Crippen MR) is 70.8 cm³/mol. The number of ether oxygens (including phenoxy) is 1. The Balaban J connectivity index is 2.23. The van der Waals surface area contributed by atoms with Crippen LogP contribution in [0.3, 0.4) is 0 Å². The first-order valence-electron chi connectivity index (χ1n) is 5.77. The molecule has 2 aromatic rings. The van der Waals surface area contributed by atoms with Crippen LogP contribution in [-0.2, 0) is 21.4 Å². The van der Waals surface area contributed by atoms with E-state index in [1.54, 1.807) is 13.4 Å². The van der Waals surface area contributed by atoms with Crippen molar-refractivity contribution < 1.29 is 14.3 Å². The van der Waals surface area contributed by atoms with E-state index >= 15 is 0 Å². The average molecular weight is 261 g/mol. The normalized spacial score (nSPS) is 10.5. The van der Waals surface area contributed by atoms with Crippen molar-refractivity contribution in [2.45, 2.75) is 6.42 Å². The molecule has 0 unspecified atom stereocenters. The van der Waals surface area contributed by atoms with Gasteiger partial charge in [-0.2, -0.15) is 0 Å². The van der Waals surface area contributed by atoms with Gasteiger partial charge in [-0.1, -0.05) is 0 Å². The molecule has 1 heterocycles. The molecule has 0 spiro atoms. The number of aryl methyl sites for hydroxylation is 1. The molecular formula is C13H15N3O3. The lowest BCUT2D eigenvalue weighted by molar-refractivity contribution is -0.143. The monoisotopic (exact) mass is 261 g/mol. The van der Waals surface area contributed by atoms with Crippen molar-refractivity contribution in [1.29, 1.82) is 0 Å². The van der Waals surface area contributed by atoms with E-state index in [1.807, 2.05) is 29.8 Å². The fourth-order valence-electron chi connectivity index (χ4n) is 1.79. The molecule has 0 aliphatic heterocycles. The van der Waals surface area contributed by atoms with Crippen LogP contribution < -0.4 is 4.90 Å². The lowest BCUT2D eigenvalue weighted by Crippen LogP contribution is -2.28. The number of nitrogens with zero attached hydrogens (tertiary/aromatic N) is 3. The molecular weight excluding hydrogens is 246 g/mol. The Bertz CT molecular complexity index is 633. The molecule has 0 saturated heterocycles. The Hall–Kier alpha value is -2.37. The molecule has 0 aliphatic rings. The molecule has 19 heavy (non-hydrogen) atoms. The first-order chi connectivity index (χ1) is 9.02. The van der Waals surface area contributed by atoms with Crippen LogP contribution in [0.2, 0.25) is 0 Å². The minimum atomic E-state index is -0.546. The zero-order valence-corrected chi connectivity index (χ0v) is 11.1. The highest BCUT2D eigenvalue weighted by Gasteiger charge is 2.16. The predicted octanol–water partition coefficient (Wildman–Crippen LogP) is 1.10. The summed E-state index contributed by atoms with van der Waals surface area (Å²) in [4.78, 5) is 28.6. The fourth-order valence-corrected chi connectivity index (χ4v) is 1.79. The maximum absolute atomic E-state index is 11.9. The van der Waals surface area contributed by atoms with Crippen LogP contribution in [0.25, 0.3) is 11.0 Å². The molecule has 0 radical (unpaired) electrons. The fraction of sp³-hybridized carbons (Fsp3) is 0.308. The van der Waals surface area contributed by atoms with Gasteiger partial charge in [-0.05, 0) is 18.2 Å². The van der Waals surface area contributed by atoms with Crippen molar-refractivity contribution in [1.82, 2.24) is 9.55 Å². The average Bonchev–Trinajstić information content (AvgIpc) is 2.78. The van der Waals surface area contributed by atoms with Crippen LogP contribution in [0, 0.1) is 0 Å². The van der Waals surface area contributed by atoms with E-state index in [4.69, 9.17) is 0 Å². The number of aromatic nitrogens is 2. The van der Waals surface area contributed by atoms with Gasteiger partial charge in [0.25, 0.3) is 0 Å². The number of hydrogen-bond donors (Lipinski definition) is 0. The number of carbonyl (C=O) groups excluding carboxylic acids is 2. The quantitative estimate of drug-likeness (QED) is 0.613. The van der Waals surface area contributed by atoms with Gasteiger partial charge in [0.2, 0.25) is 5.91 Å². The molecule has 0 N–H and O–H groups in total. The van der Waals surface area contributed by atoms with Crippen molar-refractivity contribution in [3.05, 3.63) is 24.5 Å². The molecule has 100 valence electrons. The third-order valence-electron chi connectivity index (χ3n) is 2.99. The Kier molecular flexibility index (Phi) is 3.50. The van der Waals surface area contributed by atoms with E-state index < -0.39 is 5.97 Å². The van der Waals surface area contributed by atoms with Crippen LogP contribution in [-0.4, -0.2) is 35.6 Å². The molecule has 1 amide bonds. The SMILES string of the molecule is COC(=O)CC(=O)N(C)c1ccc2c(c1)ncn2C. The minimum absolute atomic E-state index is 0.271. The second kappa shape index (κ2) is 5.09. The highest BCUT2D eigenvalue weighted by Crippen LogP contribution is 2.20. The number of esters is 1. The lowest BCUT2D eigenvalue weighted by Gasteiger charge is -2.16. The van der Waals surface area contributed by atoms with Crippen LogP contribution in [0.5, 0.6) is 0 Å². The van der Waals surface area contributed by atoms with Crippen LogP contribution in [0.1, 0.15) is 6.42 Å². The van der Waals surface area contributed by atoms with Crippen molar-refractivity contribution in [2.75, 3.05) is 19.1 Å².